The minimum absolute atomic E-state index is 0.201. The molecule has 0 fully saturated rings. The number of nitrogens with zero attached hydrogens (tertiary/aromatic N) is 4. The molecule has 2 rings (SSSR count). The lowest BCUT2D eigenvalue weighted by atomic mass is 10.1. The topological polar surface area (TPSA) is 83.0 Å². The molecular formula is C15H11N5O. The molecule has 0 atom stereocenters. The molecule has 0 aliphatic carbocycles. The van der Waals surface area contributed by atoms with Crippen LogP contribution < -0.4 is 5.32 Å². The molecule has 6 heteroatoms. The van der Waals surface area contributed by atoms with Gasteiger partial charge in [-0.25, -0.2) is 9.83 Å². The molecule has 0 aromatic carbocycles. The Labute approximate surface area is 121 Å². The Balaban J connectivity index is 2.30. The number of nitrogens with one attached hydrogen (secondary N) is 1. The number of aromatic nitrogens is 2. The number of pyridine rings is 2. The summed E-state index contributed by atoms with van der Waals surface area (Å²) in [5.41, 5.74) is 2.15. The number of rotatable bonds is 2. The van der Waals surface area contributed by atoms with Crippen LogP contribution in [0.5, 0.6) is 0 Å². The Morgan fingerprint density at radius 3 is 2.76 bits per heavy atom. The van der Waals surface area contributed by atoms with Crippen LogP contribution in [0, 0.1) is 31.8 Å². The molecule has 0 saturated carbocycles. The van der Waals surface area contributed by atoms with Gasteiger partial charge in [-0.3, -0.25) is 9.78 Å². The molecule has 0 spiro atoms. The third-order valence-electron chi connectivity index (χ3n) is 2.84. The van der Waals surface area contributed by atoms with E-state index in [9.17, 15) is 4.79 Å². The normalized spacial score (nSPS) is 9.52. The number of hydrogen-bond acceptors (Lipinski definition) is 4. The van der Waals surface area contributed by atoms with Crippen LogP contribution in [-0.2, 0) is 0 Å². The summed E-state index contributed by atoms with van der Waals surface area (Å²) < 4.78 is 0. The van der Waals surface area contributed by atoms with Gasteiger partial charge in [0.2, 0.25) is 0 Å². The van der Waals surface area contributed by atoms with Gasteiger partial charge in [0, 0.05) is 11.9 Å². The average molecular weight is 277 g/mol. The Morgan fingerprint density at radius 1 is 1.43 bits per heavy atom. The summed E-state index contributed by atoms with van der Waals surface area (Å²) in [4.78, 5) is 23.8. The van der Waals surface area contributed by atoms with Crippen molar-refractivity contribution in [2.24, 2.45) is 0 Å². The zero-order chi connectivity index (χ0) is 15.4. The summed E-state index contributed by atoms with van der Waals surface area (Å²) in [6, 6.07) is 6.69. The molecule has 1 amide bonds. The van der Waals surface area contributed by atoms with E-state index in [2.05, 4.69) is 20.1 Å². The van der Waals surface area contributed by atoms with Gasteiger partial charge in [-0.15, -0.1) is 0 Å². The summed E-state index contributed by atoms with van der Waals surface area (Å²) in [5, 5.41) is 11.3. The number of nitriles is 1. The third-order valence-corrected chi connectivity index (χ3v) is 2.84. The van der Waals surface area contributed by atoms with Gasteiger partial charge in [-0.05, 0) is 37.6 Å². The molecular weight excluding hydrogens is 266 g/mol. The summed E-state index contributed by atoms with van der Waals surface area (Å²) in [7, 11) is 0. The number of carbonyl (C=O) groups is 1. The van der Waals surface area contributed by atoms with Crippen LogP contribution in [0.1, 0.15) is 27.3 Å². The molecule has 0 saturated heterocycles. The van der Waals surface area contributed by atoms with Crippen molar-refractivity contribution < 1.29 is 4.79 Å². The number of hydrogen-bond donors (Lipinski definition) is 1. The Morgan fingerprint density at radius 2 is 2.19 bits per heavy atom. The standard InChI is InChI=1S/C15H11N5O/c1-9-6-12(17-3)10(2)14(19-9)15(21)20-13-5-4-11(7-16)8-18-13/h4-6,8H,1-2H3,(H,18,20,21). The maximum atomic E-state index is 12.2. The Kier molecular flexibility index (Phi) is 3.92. The van der Waals surface area contributed by atoms with Gasteiger partial charge in [0.15, 0.2) is 5.69 Å². The number of aryl methyl sites for hydroxylation is 1. The van der Waals surface area contributed by atoms with E-state index < -0.39 is 5.91 Å². The molecule has 0 radical (unpaired) electrons. The van der Waals surface area contributed by atoms with E-state index in [-0.39, 0.29) is 5.69 Å². The molecule has 0 bridgehead atoms. The van der Waals surface area contributed by atoms with Crippen LogP contribution in [0.4, 0.5) is 11.5 Å². The summed E-state index contributed by atoms with van der Waals surface area (Å²) in [6.45, 7) is 10.5. The smallest absolute Gasteiger partial charge is 0.274 e. The molecule has 2 heterocycles. The summed E-state index contributed by atoms with van der Waals surface area (Å²) in [6.07, 6.45) is 1.37. The molecule has 21 heavy (non-hydrogen) atoms. The highest BCUT2D eigenvalue weighted by Crippen LogP contribution is 2.22. The fraction of sp³-hybridized carbons (Fsp3) is 0.133. The number of anilines is 1. The molecule has 102 valence electrons. The molecule has 0 unspecified atom stereocenters. The fourth-order valence-corrected chi connectivity index (χ4v) is 1.77. The van der Waals surface area contributed by atoms with Crippen LogP contribution in [-0.4, -0.2) is 15.9 Å². The van der Waals surface area contributed by atoms with Crippen LogP contribution in [0.3, 0.4) is 0 Å². The maximum absolute atomic E-state index is 12.2. The van der Waals surface area contributed by atoms with E-state index in [1.807, 2.05) is 6.07 Å². The van der Waals surface area contributed by atoms with Gasteiger partial charge in [0.1, 0.15) is 17.6 Å². The third kappa shape index (κ3) is 3.02. The van der Waals surface area contributed by atoms with Gasteiger partial charge in [0.05, 0.1) is 12.1 Å². The summed E-state index contributed by atoms with van der Waals surface area (Å²) in [5.74, 6) is -0.107. The van der Waals surface area contributed by atoms with Crippen molar-refractivity contribution in [1.29, 1.82) is 5.26 Å². The van der Waals surface area contributed by atoms with Crippen molar-refractivity contribution in [1.82, 2.24) is 9.97 Å². The minimum Gasteiger partial charge on any atom is -0.305 e. The first kappa shape index (κ1) is 14.2. The number of amides is 1. The van der Waals surface area contributed by atoms with Crippen LogP contribution in [0.25, 0.3) is 4.85 Å². The fourth-order valence-electron chi connectivity index (χ4n) is 1.77. The van der Waals surface area contributed by atoms with Gasteiger partial charge in [-0.1, -0.05) is 0 Å². The van der Waals surface area contributed by atoms with E-state index >= 15 is 0 Å². The lowest BCUT2D eigenvalue weighted by Crippen LogP contribution is -2.16. The van der Waals surface area contributed by atoms with Crippen molar-refractivity contribution in [2.75, 3.05) is 5.32 Å². The van der Waals surface area contributed by atoms with Crippen LogP contribution in [0.2, 0.25) is 0 Å². The molecule has 0 aliphatic rings. The first-order valence-electron chi connectivity index (χ1n) is 6.08. The molecule has 2 aromatic heterocycles. The SMILES string of the molecule is [C-]#[N+]c1cc(C)nc(C(=O)Nc2ccc(C#N)cn2)c1C. The van der Waals surface area contributed by atoms with Crippen molar-refractivity contribution in [3.63, 3.8) is 0 Å². The first-order valence-corrected chi connectivity index (χ1v) is 6.08. The van der Waals surface area contributed by atoms with Crippen LogP contribution >= 0.6 is 0 Å². The highest BCUT2D eigenvalue weighted by Gasteiger charge is 2.15. The molecule has 0 aliphatic heterocycles. The molecule has 6 nitrogen and oxygen atoms in total. The number of carbonyl (C=O) groups excluding carboxylic acids is 1. The van der Waals surface area contributed by atoms with E-state index in [0.717, 1.165) is 0 Å². The van der Waals surface area contributed by atoms with Crippen molar-refractivity contribution >= 4 is 17.4 Å². The first-order chi connectivity index (χ1) is 10.0. The second kappa shape index (κ2) is 5.81. The maximum Gasteiger partial charge on any atom is 0.274 e. The van der Waals surface area contributed by atoms with Gasteiger partial charge < -0.3 is 5.32 Å². The Bertz CT molecular complexity index is 781. The van der Waals surface area contributed by atoms with Crippen molar-refractivity contribution in [2.45, 2.75) is 13.8 Å². The average Bonchev–Trinajstić information content (AvgIpc) is 2.49. The lowest BCUT2D eigenvalue weighted by molar-refractivity contribution is 0.102. The van der Waals surface area contributed by atoms with E-state index in [1.54, 1.807) is 26.0 Å². The highest BCUT2D eigenvalue weighted by atomic mass is 16.1. The minimum atomic E-state index is -0.432. The zero-order valence-electron chi connectivity index (χ0n) is 11.5. The monoisotopic (exact) mass is 277 g/mol. The van der Waals surface area contributed by atoms with Crippen molar-refractivity contribution in [3.8, 4) is 6.07 Å². The Hall–Kier alpha value is -3.25. The second-order valence-corrected chi connectivity index (χ2v) is 4.37. The lowest BCUT2D eigenvalue weighted by Gasteiger charge is -2.08. The second-order valence-electron chi connectivity index (χ2n) is 4.37. The molecule has 2 aromatic rings. The van der Waals surface area contributed by atoms with Crippen molar-refractivity contribution in [3.05, 3.63) is 58.3 Å². The molecule has 1 N–H and O–H groups in total. The van der Waals surface area contributed by atoms with E-state index in [4.69, 9.17) is 11.8 Å². The predicted molar refractivity (Wildman–Crippen MR) is 76.9 cm³/mol. The quantitative estimate of drug-likeness (QED) is 0.855. The van der Waals surface area contributed by atoms with Crippen LogP contribution in [0.15, 0.2) is 24.4 Å². The van der Waals surface area contributed by atoms with E-state index in [1.165, 1.54) is 12.3 Å². The predicted octanol–water partition coefficient (Wildman–Crippen LogP) is 2.77. The van der Waals surface area contributed by atoms with Gasteiger partial charge >= 0.3 is 0 Å². The zero-order valence-corrected chi connectivity index (χ0v) is 11.5. The summed E-state index contributed by atoms with van der Waals surface area (Å²) >= 11 is 0. The highest BCUT2D eigenvalue weighted by molar-refractivity contribution is 6.04. The van der Waals surface area contributed by atoms with Gasteiger partial charge in [-0.2, -0.15) is 5.26 Å². The van der Waals surface area contributed by atoms with Gasteiger partial charge in [0.25, 0.3) is 5.91 Å². The largest absolute Gasteiger partial charge is 0.305 e. The van der Waals surface area contributed by atoms with E-state index in [0.29, 0.717) is 28.3 Å².